The first-order valence-corrected chi connectivity index (χ1v) is 6.47. The molecule has 0 bridgehead atoms. The minimum Gasteiger partial charge on any atom is -0.380 e. The molecule has 0 aliphatic heterocycles. The number of anilines is 1. The van der Waals surface area contributed by atoms with Gasteiger partial charge in [0, 0.05) is 11.2 Å². The fraction of sp³-hybridized carbons (Fsp3) is 0.600. The van der Waals surface area contributed by atoms with Crippen molar-refractivity contribution in [3.05, 3.63) is 30.3 Å². The normalized spacial score (nSPS) is 11.4. The van der Waals surface area contributed by atoms with E-state index in [1.165, 1.54) is 37.8 Å². The van der Waals surface area contributed by atoms with Gasteiger partial charge >= 0.3 is 0 Å². The van der Waals surface area contributed by atoms with Crippen molar-refractivity contribution >= 4 is 5.69 Å². The zero-order valence-corrected chi connectivity index (χ0v) is 10.9. The standard InChI is InChI=1S/C15H25N/c1-4-5-6-10-13-15(2,3)16-14-11-8-7-9-12-14/h7-9,11-12,16H,4-6,10,13H2,1-3H3. The molecule has 1 heteroatoms. The third-order valence-corrected chi connectivity index (χ3v) is 2.91. The summed E-state index contributed by atoms with van der Waals surface area (Å²) in [5, 5.41) is 3.60. The number of hydrogen-bond acceptors (Lipinski definition) is 1. The molecule has 0 amide bonds. The minimum absolute atomic E-state index is 0.203. The smallest absolute Gasteiger partial charge is 0.0344 e. The summed E-state index contributed by atoms with van der Waals surface area (Å²) in [6.45, 7) is 6.82. The monoisotopic (exact) mass is 219 g/mol. The molecule has 1 N–H and O–H groups in total. The molecule has 16 heavy (non-hydrogen) atoms. The predicted molar refractivity (Wildman–Crippen MR) is 72.9 cm³/mol. The number of nitrogens with one attached hydrogen (secondary N) is 1. The van der Waals surface area contributed by atoms with Gasteiger partial charge in [-0.25, -0.2) is 0 Å². The highest BCUT2D eigenvalue weighted by Gasteiger charge is 2.16. The van der Waals surface area contributed by atoms with Crippen LogP contribution in [0.15, 0.2) is 30.3 Å². The number of para-hydroxylation sites is 1. The van der Waals surface area contributed by atoms with Gasteiger partial charge in [0.15, 0.2) is 0 Å². The summed E-state index contributed by atoms with van der Waals surface area (Å²) in [5.41, 5.74) is 1.43. The fourth-order valence-corrected chi connectivity index (χ4v) is 1.97. The Kier molecular flexibility index (Phi) is 5.37. The van der Waals surface area contributed by atoms with Crippen LogP contribution in [0.5, 0.6) is 0 Å². The predicted octanol–water partition coefficient (Wildman–Crippen LogP) is 4.85. The van der Waals surface area contributed by atoms with Crippen LogP contribution in [-0.4, -0.2) is 5.54 Å². The fourth-order valence-electron chi connectivity index (χ4n) is 1.97. The molecule has 1 rings (SSSR count). The average molecular weight is 219 g/mol. The first kappa shape index (κ1) is 13.1. The quantitative estimate of drug-likeness (QED) is 0.646. The van der Waals surface area contributed by atoms with Gasteiger partial charge in [-0.3, -0.25) is 0 Å². The third kappa shape index (κ3) is 5.20. The van der Waals surface area contributed by atoms with E-state index >= 15 is 0 Å². The minimum atomic E-state index is 0.203. The third-order valence-electron chi connectivity index (χ3n) is 2.91. The lowest BCUT2D eigenvalue weighted by Crippen LogP contribution is -2.30. The lowest BCUT2D eigenvalue weighted by atomic mass is 9.96. The number of unbranched alkanes of at least 4 members (excludes halogenated alkanes) is 3. The zero-order valence-electron chi connectivity index (χ0n) is 10.9. The first-order valence-electron chi connectivity index (χ1n) is 6.47. The van der Waals surface area contributed by atoms with E-state index in [-0.39, 0.29) is 5.54 Å². The van der Waals surface area contributed by atoms with Gasteiger partial charge in [0.05, 0.1) is 0 Å². The second-order valence-corrected chi connectivity index (χ2v) is 5.19. The van der Waals surface area contributed by atoms with Crippen LogP contribution >= 0.6 is 0 Å². The van der Waals surface area contributed by atoms with Crippen LogP contribution in [0.3, 0.4) is 0 Å². The maximum absolute atomic E-state index is 3.60. The van der Waals surface area contributed by atoms with Gasteiger partial charge in [-0.2, -0.15) is 0 Å². The number of rotatable bonds is 7. The van der Waals surface area contributed by atoms with E-state index < -0.39 is 0 Å². The summed E-state index contributed by atoms with van der Waals surface area (Å²) in [7, 11) is 0. The Hall–Kier alpha value is -0.980. The first-order chi connectivity index (χ1) is 7.64. The Balaban J connectivity index is 2.33. The SMILES string of the molecule is CCCCCCC(C)(C)Nc1ccccc1. The molecule has 1 aromatic rings. The maximum atomic E-state index is 3.60. The summed E-state index contributed by atoms with van der Waals surface area (Å²) >= 11 is 0. The molecular formula is C15H25N. The van der Waals surface area contributed by atoms with Crippen molar-refractivity contribution in [3.8, 4) is 0 Å². The molecule has 90 valence electrons. The van der Waals surface area contributed by atoms with Crippen LogP contribution in [0.1, 0.15) is 52.9 Å². The molecule has 0 heterocycles. The molecule has 0 saturated heterocycles. The summed E-state index contributed by atoms with van der Waals surface area (Å²) < 4.78 is 0. The van der Waals surface area contributed by atoms with Crippen molar-refractivity contribution in [1.29, 1.82) is 0 Å². The van der Waals surface area contributed by atoms with E-state index in [0.29, 0.717) is 0 Å². The topological polar surface area (TPSA) is 12.0 Å². The highest BCUT2D eigenvalue weighted by molar-refractivity contribution is 5.44. The van der Waals surface area contributed by atoms with Crippen molar-refractivity contribution in [2.75, 3.05) is 5.32 Å². The van der Waals surface area contributed by atoms with Crippen LogP contribution in [0, 0.1) is 0 Å². The van der Waals surface area contributed by atoms with Gasteiger partial charge in [-0.1, -0.05) is 50.8 Å². The van der Waals surface area contributed by atoms with Crippen LogP contribution in [-0.2, 0) is 0 Å². The van der Waals surface area contributed by atoms with E-state index in [1.807, 2.05) is 0 Å². The number of benzene rings is 1. The van der Waals surface area contributed by atoms with Crippen LogP contribution < -0.4 is 5.32 Å². The highest BCUT2D eigenvalue weighted by atomic mass is 15.0. The van der Waals surface area contributed by atoms with E-state index in [9.17, 15) is 0 Å². The average Bonchev–Trinajstić information content (AvgIpc) is 2.25. The van der Waals surface area contributed by atoms with Crippen molar-refractivity contribution in [2.45, 2.75) is 58.4 Å². The lowest BCUT2D eigenvalue weighted by molar-refractivity contribution is 0.478. The Morgan fingerprint density at radius 3 is 2.31 bits per heavy atom. The molecule has 0 aliphatic carbocycles. The number of hydrogen-bond donors (Lipinski definition) is 1. The van der Waals surface area contributed by atoms with Gasteiger partial charge in [0.1, 0.15) is 0 Å². The van der Waals surface area contributed by atoms with Gasteiger partial charge in [-0.05, 0) is 32.4 Å². The van der Waals surface area contributed by atoms with Gasteiger partial charge in [0.25, 0.3) is 0 Å². The van der Waals surface area contributed by atoms with E-state index in [2.05, 4.69) is 56.4 Å². The molecule has 1 nitrogen and oxygen atoms in total. The molecule has 0 spiro atoms. The van der Waals surface area contributed by atoms with E-state index in [0.717, 1.165) is 0 Å². The van der Waals surface area contributed by atoms with Gasteiger partial charge in [0.2, 0.25) is 0 Å². The Morgan fingerprint density at radius 1 is 1.00 bits per heavy atom. The Bertz CT molecular complexity index is 277. The Morgan fingerprint density at radius 2 is 1.69 bits per heavy atom. The molecule has 1 aromatic carbocycles. The summed E-state index contributed by atoms with van der Waals surface area (Å²) in [4.78, 5) is 0. The van der Waals surface area contributed by atoms with E-state index in [4.69, 9.17) is 0 Å². The molecule has 0 unspecified atom stereocenters. The molecule has 0 aromatic heterocycles. The maximum Gasteiger partial charge on any atom is 0.0344 e. The van der Waals surface area contributed by atoms with Crippen molar-refractivity contribution < 1.29 is 0 Å². The Labute approximate surface area is 100 Å². The lowest BCUT2D eigenvalue weighted by Gasteiger charge is -2.27. The van der Waals surface area contributed by atoms with Crippen LogP contribution in [0.25, 0.3) is 0 Å². The molecule has 0 fully saturated rings. The molecular weight excluding hydrogens is 194 g/mol. The molecule has 0 aliphatic rings. The largest absolute Gasteiger partial charge is 0.380 e. The molecule has 0 saturated carbocycles. The van der Waals surface area contributed by atoms with Crippen molar-refractivity contribution in [2.24, 2.45) is 0 Å². The summed E-state index contributed by atoms with van der Waals surface area (Å²) in [6.07, 6.45) is 6.59. The zero-order chi connectivity index (χ0) is 11.9. The van der Waals surface area contributed by atoms with Gasteiger partial charge in [-0.15, -0.1) is 0 Å². The second kappa shape index (κ2) is 6.57. The highest BCUT2D eigenvalue weighted by Crippen LogP contribution is 2.20. The molecule has 0 radical (unpaired) electrons. The van der Waals surface area contributed by atoms with E-state index in [1.54, 1.807) is 0 Å². The van der Waals surface area contributed by atoms with Gasteiger partial charge < -0.3 is 5.32 Å². The summed E-state index contributed by atoms with van der Waals surface area (Å²) in [6, 6.07) is 10.5. The van der Waals surface area contributed by atoms with Crippen molar-refractivity contribution in [3.63, 3.8) is 0 Å². The van der Waals surface area contributed by atoms with Crippen LogP contribution in [0.2, 0.25) is 0 Å². The molecule has 0 atom stereocenters. The second-order valence-electron chi connectivity index (χ2n) is 5.19. The van der Waals surface area contributed by atoms with Crippen LogP contribution in [0.4, 0.5) is 5.69 Å². The van der Waals surface area contributed by atoms with Crippen molar-refractivity contribution in [1.82, 2.24) is 0 Å². The summed E-state index contributed by atoms with van der Waals surface area (Å²) in [5.74, 6) is 0.